The summed E-state index contributed by atoms with van der Waals surface area (Å²) in [5, 5.41) is 10.6. The van der Waals surface area contributed by atoms with Gasteiger partial charge in [0.2, 0.25) is 0 Å². The Morgan fingerprint density at radius 2 is 1.73 bits per heavy atom. The van der Waals surface area contributed by atoms with Crippen molar-refractivity contribution in [1.29, 1.82) is 0 Å². The van der Waals surface area contributed by atoms with Crippen LogP contribution in [0.3, 0.4) is 0 Å². The summed E-state index contributed by atoms with van der Waals surface area (Å²) in [6.07, 6.45) is 10.8. The van der Waals surface area contributed by atoms with Gasteiger partial charge in [-0.15, -0.1) is 0 Å². The number of Topliss-reactive ketones (excluding diaryl/α,β-unsaturated/α-hetero) is 1. The van der Waals surface area contributed by atoms with Gasteiger partial charge in [0.05, 0.1) is 5.60 Å². The van der Waals surface area contributed by atoms with Gasteiger partial charge in [-0.05, 0) is 106 Å². The molecule has 0 unspecified atom stereocenters. The van der Waals surface area contributed by atoms with Crippen LogP contribution in [0.1, 0.15) is 92.4 Å². The Labute approximate surface area is 160 Å². The maximum absolute atomic E-state index is 12.6. The first-order valence-corrected chi connectivity index (χ1v) is 11.4. The molecule has 9 atom stereocenters. The number of fused-ring (bicyclic) bond motifs is 5. The van der Waals surface area contributed by atoms with Gasteiger partial charge in [-0.3, -0.25) is 4.79 Å². The average Bonchev–Trinajstić information content (AvgIpc) is 2.88. The number of carbonyl (C=O) groups excluding carboxylic acids is 1. The van der Waals surface area contributed by atoms with Crippen LogP contribution in [0.2, 0.25) is 0 Å². The summed E-state index contributed by atoms with van der Waals surface area (Å²) in [5.41, 5.74) is 0.222. The van der Waals surface area contributed by atoms with Gasteiger partial charge in [-0.2, -0.15) is 0 Å². The van der Waals surface area contributed by atoms with Gasteiger partial charge in [0, 0.05) is 5.92 Å². The summed E-state index contributed by atoms with van der Waals surface area (Å²) < 4.78 is 0. The highest BCUT2D eigenvalue weighted by Crippen LogP contribution is 2.69. The highest BCUT2D eigenvalue weighted by molar-refractivity contribution is 5.80. The van der Waals surface area contributed by atoms with Crippen molar-refractivity contribution in [3.05, 3.63) is 0 Å². The van der Waals surface area contributed by atoms with E-state index in [0.717, 1.165) is 37.0 Å². The number of carbonyl (C=O) groups is 1. The molecule has 0 aliphatic heterocycles. The first-order chi connectivity index (χ1) is 12.1. The monoisotopic (exact) mass is 360 g/mol. The molecule has 2 heteroatoms. The zero-order valence-electron chi connectivity index (χ0n) is 17.7. The van der Waals surface area contributed by atoms with Crippen LogP contribution in [-0.2, 0) is 4.79 Å². The molecule has 1 N–H and O–H groups in total. The lowest BCUT2D eigenvalue weighted by atomic mass is 9.44. The third kappa shape index (κ3) is 2.57. The quantitative estimate of drug-likeness (QED) is 0.694. The molecule has 148 valence electrons. The molecule has 0 aromatic rings. The molecule has 4 aliphatic rings. The van der Waals surface area contributed by atoms with Crippen molar-refractivity contribution in [3.63, 3.8) is 0 Å². The van der Waals surface area contributed by atoms with Gasteiger partial charge in [-0.25, -0.2) is 0 Å². The van der Waals surface area contributed by atoms with E-state index in [1.165, 1.54) is 38.5 Å². The van der Waals surface area contributed by atoms with Gasteiger partial charge in [0.25, 0.3) is 0 Å². The molecule has 0 aromatic carbocycles. The molecule has 4 fully saturated rings. The summed E-state index contributed by atoms with van der Waals surface area (Å²) in [6, 6.07) is 0. The topological polar surface area (TPSA) is 37.3 Å². The fourth-order valence-corrected chi connectivity index (χ4v) is 8.81. The second-order valence-electron chi connectivity index (χ2n) is 11.4. The third-order valence-corrected chi connectivity index (χ3v) is 10.1. The van der Waals surface area contributed by atoms with Crippen molar-refractivity contribution in [2.45, 2.75) is 98.0 Å². The molecule has 0 amide bonds. The Bertz CT molecular complexity index is 581. The van der Waals surface area contributed by atoms with Crippen molar-refractivity contribution in [2.75, 3.05) is 0 Å². The van der Waals surface area contributed by atoms with Crippen LogP contribution in [0, 0.1) is 46.3 Å². The summed E-state index contributed by atoms with van der Waals surface area (Å²) in [7, 11) is 0. The number of hydrogen-bond acceptors (Lipinski definition) is 2. The van der Waals surface area contributed by atoms with E-state index in [9.17, 15) is 9.90 Å². The summed E-state index contributed by atoms with van der Waals surface area (Å²) in [6.45, 7) is 11.2. The van der Waals surface area contributed by atoms with Gasteiger partial charge >= 0.3 is 0 Å². The van der Waals surface area contributed by atoms with Crippen molar-refractivity contribution in [1.82, 2.24) is 0 Å². The van der Waals surface area contributed by atoms with E-state index in [4.69, 9.17) is 0 Å². The van der Waals surface area contributed by atoms with Crippen LogP contribution in [-0.4, -0.2) is 16.5 Å². The molecule has 0 heterocycles. The van der Waals surface area contributed by atoms with Crippen LogP contribution in [0.4, 0.5) is 0 Å². The van der Waals surface area contributed by atoms with Gasteiger partial charge in [-0.1, -0.05) is 27.2 Å². The van der Waals surface area contributed by atoms with Crippen molar-refractivity contribution in [3.8, 4) is 0 Å². The minimum atomic E-state index is -0.444. The zero-order chi connectivity index (χ0) is 18.9. The van der Waals surface area contributed by atoms with Gasteiger partial charge in [0.15, 0.2) is 0 Å². The lowest BCUT2D eigenvalue weighted by Crippen LogP contribution is -2.55. The Morgan fingerprint density at radius 1 is 1.00 bits per heavy atom. The molecule has 4 aliphatic carbocycles. The number of ketones is 1. The van der Waals surface area contributed by atoms with E-state index in [1.807, 2.05) is 6.92 Å². The van der Waals surface area contributed by atoms with E-state index in [1.54, 1.807) is 0 Å². The van der Waals surface area contributed by atoms with Crippen molar-refractivity contribution >= 4 is 5.78 Å². The van der Waals surface area contributed by atoms with Crippen molar-refractivity contribution < 1.29 is 9.90 Å². The highest BCUT2D eigenvalue weighted by Gasteiger charge is 2.63. The SMILES string of the molecule is CC[C@@H]1C[C@H]2[C@@H]3CC[C@H]4C[C@](C)(O)CC[C@]4(C)[C@H]3CC[C@]2(C)[C@H]1C(C)=O. The summed E-state index contributed by atoms with van der Waals surface area (Å²) in [4.78, 5) is 12.6. The molecule has 26 heavy (non-hydrogen) atoms. The van der Waals surface area contributed by atoms with Crippen LogP contribution >= 0.6 is 0 Å². The average molecular weight is 361 g/mol. The van der Waals surface area contributed by atoms with E-state index in [2.05, 4.69) is 27.7 Å². The molecule has 0 saturated heterocycles. The molecule has 4 rings (SSSR count). The van der Waals surface area contributed by atoms with Gasteiger partial charge < -0.3 is 5.11 Å². The molecule has 2 nitrogen and oxygen atoms in total. The zero-order valence-corrected chi connectivity index (χ0v) is 17.7. The molecular formula is C24H40O2. The van der Waals surface area contributed by atoms with E-state index in [0.29, 0.717) is 29.0 Å². The minimum Gasteiger partial charge on any atom is -0.390 e. The van der Waals surface area contributed by atoms with E-state index in [-0.39, 0.29) is 5.41 Å². The molecule has 0 aromatic heterocycles. The molecule has 0 spiro atoms. The maximum Gasteiger partial charge on any atom is 0.133 e. The second kappa shape index (κ2) is 6.06. The molecule has 0 bridgehead atoms. The standard InChI is InChI=1S/C24H40O2/c1-6-16-13-20-18-8-7-17-14-22(3,26)11-12-23(17,4)19(18)9-10-24(20,5)21(16)15(2)25/h16-21,26H,6-14H2,1-5H3/t16-,17+,18-,19+,20+,21+,22-,23+,24+/m1/s1. The Hall–Kier alpha value is -0.370. The van der Waals surface area contributed by atoms with E-state index < -0.39 is 5.60 Å². The normalized spacial score (nSPS) is 56.4. The van der Waals surface area contributed by atoms with Crippen LogP contribution in [0.25, 0.3) is 0 Å². The predicted octanol–water partition coefficient (Wildman–Crippen LogP) is 5.62. The number of rotatable bonds is 2. The first kappa shape index (κ1) is 19.0. The van der Waals surface area contributed by atoms with Crippen LogP contribution in [0.15, 0.2) is 0 Å². The Morgan fingerprint density at radius 3 is 2.38 bits per heavy atom. The number of hydrogen-bond donors (Lipinski definition) is 1. The molecule has 0 radical (unpaired) electrons. The molecule has 4 saturated carbocycles. The lowest BCUT2D eigenvalue weighted by Gasteiger charge is -2.61. The van der Waals surface area contributed by atoms with Crippen LogP contribution in [0.5, 0.6) is 0 Å². The highest BCUT2D eigenvalue weighted by atomic mass is 16.3. The second-order valence-corrected chi connectivity index (χ2v) is 11.4. The smallest absolute Gasteiger partial charge is 0.133 e. The Kier molecular flexibility index (Phi) is 4.42. The summed E-state index contributed by atoms with van der Waals surface area (Å²) in [5.74, 6) is 4.45. The third-order valence-electron chi connectivity index (χ3n) is 10.1. The fraction of sp³-hybridized carbons (Fsp3) is 0.958. The van der Waals surface area contributed by atoms with E-state index >= 15 is 0 Å². The summed E-state index contributed by atoms with van der Waals surface area (Å²) >= 11 is 0. The first-order valence-electron chi connectivity index (χ1n) is 11.4. The maximum atomic E-state index is 12.6. The lowest BCUT2D eigenvalue weighted by molar-refractivity contribution is -0.150. The van der Waals surface area contributed by atoms with Crippen molar-refractivity contribution in [2.24, 2.45) is 46.3 Å². The largest absolute Gasteiger partial charge is 0.390 e. The van der Waals surface area contributed by atoms with Gasteiger partial charge in [0.1, 0.15) is 5.78 Å². The number of aliphatic hydroxyl groups is 1. The minimum absolute atomic E-state index is 0.247. The fourth-order valence-electron chi connectivity index (χ4n) is 8.81. The molecular weight excluding hydrogens is 320 g/mol. The van der Waals surface area contributed by atoms with Crippen LogP contribution < -0.4 is 0 Å². The predicted molar refractivity (Wildman–Crippen MR) is 106 cm³/mol. The Balaban J connectivity index is 1.63.